The summed E-state index contributed by atoms with van der Waals surface area (Å²) in [7, 11) is 4.61. The van der Waals surface area contributed by atoms with E-state index < -0.39 is 17.3 Å². The van der Waals surface area contributed by atoms with Crippen LogP contribution in [0.1, 0.15) is 58.6 Å². The molecule has 9 nitrogen and oxygen atoms in total. The quantitative estimate of drug-likeness (QED) is 0.247. The topological polar surface area (TPSA) is 114 Å². The van der Waals surface area contributed by atoms with Crippen LogP contribution >= 0.6 is 0 Å². The van der Waals surface area contributed by atoms with E-state index in [1.54, 1.807) is 36.2 Å². The first-order chi connectivity index (χ1) is 20.8. The van der Waals surface area contributed by atoms with Crippen molar-refractivity contribution in [3.05, 3.63) is 101 Å². The molecule has 0 aromatic heterocycles. The summed E-state index contributed by atoms with van der Waals surface area (Å²) < 4.78 is 10.00. The standard InChI is InChI=1S/C34H39N3O6/c1-37(23-11-21-35-31(39)27-15-8-10-17-29(27)42-2)32(40)26-18-20-34(24-12-5-4-6-13-24,28-16-9-7-14-25(26)28)33(41)36-22-19-30(38)43-3/h4-10,12-17,26H,11,18-23H2,1-3H3,(H,35,39)(H,36,41)/t26-,34+/m1/s1. The van der Waals surface area contributed by atoms with Gasteiger partial charge < -0.3 is 25.0 Å². The lowest BCUT2D eigenvalue weighted by molar-refractivity contribution is -0.140. The van der Waals surface area contributed by atoms with Gasteiger partial charge in [0.25, 0.3) is 5.91 Å². The number of hydrogen-bond donors (Lipinski definition) is 2. The van der Waals surface area contributed by atoms with E-state index in [0.29, 0.717) is 43.7 Å². The van der Waals surface area contributed by atoms with Crippen LogP contribution in [0, 0.1) is 0 Å². The number of fused-ring (bicyclic) bond motifs is 1. The maximum atomic E-state index is 13.9. The second-order valence-electron chi connectivity index (χ2n) is 10.6. The van der Waals surface area contributed by atoms with Gasteiger partial charge in [0.1, 0.15) is 5.75 Å². The van der Waals surface area contributed by atoms with Gasteiger partial charge in [0.15, 0.2) is 0 Å². The number of carbonyl (C=O) groups is 4. The molecule has 0 heterocycles. The van der Waals surface area contributed by atoms with Crippen molar-refractivity contribution >= 4 is 23.7 Å². The minimum Gasteiger partial charge on any atom is -0.496 e. The Kier molecular flexibility index (Phi) is 10.5. The van der Waals surface area contributed by atoms with Crippen molar-refractivity contribution in [1.29, 1.82) is 0 Å². The average Bonchev–Trinajstić information content (AvgIpc) is 3.05. The molecule has 0 spiro atoms. The minimum atomic E-state index is -1.01. The van der Waals surface area contributed by atoms with Crippen LogP contribution in [-0.2, 0) is 24.5 Å². The summed E-state index contributed by atoms with van der Waals surface area (Å²) in [5.41, 5.74) is 1.90. The van der Waals surface area contributed by atoms with Gasteiger partial charge in [-0.1, -0.05) is 66.7 Å². The second-order valence-corrected chi connectivity index (χ2v) is 10.6. The number of nitrogens with one attached hydrogen (secondary N) is 2. The van der Waals surface area contributed by atoms with Gasteiger partial charge in [-0.05, 0) is 48.1 Å². The van der Waals surface area contributed by atoms with Crippen LogP contribution in [0.4, 0.5) is 0 Å². The molecule has 0 unspecified atom stereocenters. The Balaban J connectivity index is 1.48. The van der Waals surface area contributed by atoms with Gasteiger partial charge in [-0.25, -0.2) is 0 Å². The molecular formula is C34H39N3O6. The zero-order valence-corrected chi connectivity index (χ0v) is 24.9. The molecule has 3 aromatic carbocycles. The van der Waals surface area contributed by atoms with Crippen LogP contribution < -0.4 is 15.4 Å². The van der Waals surface area contributed by atoms with Crippen molar-refractivity contribution < 1.29 is 28.7 Å². The van der Waals surface area contributed by atoms with Gasteiger partial charge in [-0.15, -0.1) is 0 Å². The van der Waals surface area contributed by atoms with Crippen LogP contribution in [0.15, 0.2) is 78.9 Å². The minimum absolute atomic E-state index is 0.0312. The summed E-state index contributed by atoms with van der Waals surface area (Å²) in [6, 6.07) is 24.2. The number of amides is 3. The number of rotatable bonds is 12. The number of nitrogens with zero attached hydrogens (tertiary/aromatic N) is 1. The molecule has 2 N–H and O–H groups in total. The Labute approximate surface area is 252 Å². The van der Waals surface area contributed by atoms with Crippen LogP contribution in [0.3, 0.4) is 0 Å². The Morgan fingerprint density at radius 3 is 2.33 bits per heavy atom. The van der Waals surface area contributed by atoms with Gasteiger partial charge in [0, 0.05) is 26.7 Å². The fourth-order valence-electron chi connectivity index (χ4n) is 5.84. The highest BCUT2D eigenvalue weighted by Gasteiger charge is 2.48. The fraction of sp³-hybridized carbons (Fsp3) is 0.353. The Morgan fingerprint density at radius 2 is 1.58 bits per heavy atom. The number of para-hydroxylation sites is 1. The van der Waals surface area contributed by atoms with Gasteiger partial charge in [-0.2, -0.15) is 0 Å². The van der Waals surface area contributed by atoms with E-state index in [-0.39, 0.29) is 30.7 Å². The van der Waals surface area contributed by atoms with Crippen molar-refractivity contribution in [3.63, 3.8) is 0 Å². The van der Waals surface area contributed by atoms with Crippen molar-refractivity contribution in [2.24, 2.45) is 0 Å². The van der Waals surface area contributed by atoms with Gasteiger partial charge in [0.05, 0.1) is 37.5 Å². The summed E-state index contributed by atoms with van der Waals surface area (Å²) >= 11 is 0. The molecule has 9 heteroatoms. The first-order valence-corrected chi connectivity index (χ1v) is 14.5. The number of carbonyl (C=O) groups excluding carboxylic acids is 4. The Bertz CT molecular complexity index is 1440. The molecule has 0 saturated carbocycles. The predicted octanol–water partition coefficient (Wildman–Crippen LogP) is 3.82. The monoisotopic (exact) mass is 585 g/mol. The summed E-state index contributed by atoms with van der Waals surface area (Å²) in [5, 5.41) is 5.85. The molecule has 0 bridgehead atoms. The molecule has 0 saturated heterocycles. The third kappa shape index (κ3) is 6.88. The summed E-state index contributed by atoms with van der Waals surface area (Å²) in [4.78, 5) is 53.7. The number of ether oxygens (including phenoxy) is 2. The average molecular weight is 586 g/mol. The zero-order chi connectivity index (χ0) is 30.8. The molecule has 1 aliphatic rings. The maximum absolute atomic E-state index is 13.9. The van der Waals surface area contributed by atoms with Gasteiger partial charge in [0.2, 0.25) is 11.8 Å². The summed E-state index contributed by atoms with van der Waals surface area (Å²) in [5.74, 6) is -0.770. The predicted molar refractivity (Wildman–Crippen MR) is 163 cm³/mol. The maximum Gasteiger partial charge on any atom is 0.307 e. The highest BCUT2D eigenvalue weighted by atomic mass is 16.5. The van der Waals surface area contributed by atoms with Crippen molar-refractivity contribution in [1.82, 2.24) is 15.5 Å². The molecule has 0 radical (unpaired) electrons. The lowest BCUT2D eigenvalue weighted by atomic mass is 9.62. The highest BCUT2D eigenvalue weighted by molar-refractivity contribution is 5.97. The van der Waals surface area contributed by atoms with E-state index in [1.807, 2.05) is 54.6 Å². The van der Waals surface area contributed by atoms with Gasteiger partial charge >= 0.3 is 5.97 Å². The van der Waals surface area contributed by atoms with Crippen LogP contribution in [-0.4, -0.2) is 69.5 Å². The van der Waals surface area contributed by atoms with E-state index in [1.165, 1.54) is 14.2 Å². The Hall–Kier alpha value is -4.66. The number of hydrogen-bond acceptors (Lipinski definition) is 6. The van der Waals surface area contributed by atoms with Crippen LogP contribution in [0.2, 0.25) is 0 Å². The number of esters is 1. The van der Waals surface area contributed by atoms with E-state index >= 15 is 0 Å². The zero-order valence-electron chi connectivity index (χ0n) is 24.9. The smallest absolute Gasteiger partial charge is 0.307 e. The number of likely N-dealkylation sites (N-methyl/N-ethyl adjacent to an activating group) is 1. The molecule has 3 aromatic rings. The molecule has 226 valence electrons. The number of benzene rings is 3. The van der Waals surface area contributed by atoms with Crippen molar-refractivity contribution in [2.45, 2.75) is 37.0 Å². The van der Waals surface area contributed by atoms with Crippen LogP contribution in [0.25, 0.3) is 0 Å². The lowest BCUT2D eigenvalue weighted by Gasteiger charge is -2.41. The van der Waals surface area contributed by atoms with Crippen LogP contribution in [0.5, 0.6) is 5.75 Å². The highest BCUT2D eigenvalue weighted by Crippen LogP contribution is 2.47. The molecular weight excluding hydrogens is 546 g/mol. The molecule has 43 heavy (non-hydrogen) atoms. The number of methoxy groups -OCH3 is 2. The molecule has 3 amide bonds. The van der Waals surface area contributed by atoms with E-state index in [0.717, 1.165) is 16.7 Å². The van der Waals surface area contributed by atoms with Crippen molar-refractivity contribution in [2.75, 3.05) is 40.9 Å². The molecule has 0 aliphatic heterocycles. The fourth-order valence-corrected chi connectivity index (χ4v) is 5.84. The Morgan fingerprint density at radius 1 is 0.884 bits per heavy atom. The summed E-state index contributed by atoms with van der Waals surface area (Å²) in [6.07, 6.45) is 1.55. The van der Waals surface area contributed by atoms with E-state index in [2.05, 4.69) is 10.6 Å². The second kappa shape index (κ2) is 14.5. The molecule has 1 aliphatic carbocycles. The normalized spacial score (nSPS) is 17.2. The third-order valence-corrected chi connectivity index (χ3v) is 8.08. The van der Waals surface area contributed by atoms with Crippen molar-refractivity contribution in [3.8, 4) is 5.75 Å². The molecule has 2 atom stereocenters. The molecule has 4 rings (SSSR count). The SMILES string of the molecule is COC(=O)CCNC(=O)[C@]1(c2ccccc2)CC[C@@H](C(=O)N(C)CCCNC(=O)c2ccccc2OC)c2ccccc21. The molecule has 0 fully saturated rings. The first kappa shape index (κ1) is 31.3. The lowest BCUT2D eigenvalue weighted by Crippen LogP contribution is -2.49. The van der Waals surface area contributed by atoms with Gasteiger partial charge in [-0.3, -0.25) is 19.2 Å². The summed E-state index contributed by atoms with van der Waals surface area (Å²) in [6.45, 7) is 1.01. The third-order valence-electron chi connectivity index (χ3n) is 8.08. The first-order valence-electron chi connectivity index (χ1n) is 14.5. The van der Waals surface area contributed by atoms with E-state index in [9.17, 15) is 19.2 Å². The van der Waals surface area contributed by atoms with E-state index in [4.69, 9.17) is 9.47 Å². The largest absolute Gasteiger partial charge is 0.496 e.